The number of carbonyl (C=O) groups is 1. The molecule has 1 saturated heterocycles. The van der Waals surface area contributed by atoms with Gasteiger partial charge in [0.1, 0.15) is 0 Å². The van der Waals surface area contributed by atoms with Gasteiger partial charge >= 0.3 is 0 Å². The highest BCUT2D eigenvalue weighted by Crippen LogP contribution is 2.33. The van der Waals surface area contributed by atoms with Crippen LogP contribution in [0.5, 0.6) is 0 Å². The lowest BCUT2D eigenvalue weighted by atomic mass is 10.0. The minimum Gasteiger partial charge on any atom is -0.419 e. The third-order valence-corrected chi connectivity index (χ3v) is 6.71. The van der Waals surface area contributed by atoms with Crippen LogP contribution in [0.2, 0.25) is 0 Å². The summed E-state index contributed by atoms with van der Waals surface area (Å²) in [6, 6.07) is 9.80. The Morgan fingerprint density at radius 1 is 1.22 bits per heavy atom. The van der Waals surface area contributed by atoms with Crippen LogP contribution in [0.4, 0.5) is 5.13 Å². The second-order valence-corrected chi connectivity index (χ2v) is 8.84. The highest BCUT2D eigenvalue weighted by Gasteiger charge is 2.33. The Morgan fingerprint density at radius 3 is 2.78 bits per heavy atom. The van der Waals surface area contributed by atoms with Crippen LogP contribution in [0.15, 0.2) is 39.5 Å². The lowest BCUT2D eigenvalue weighted by Crippen LogP contribution is -2.36. The Hall–Kier alpha value is -3.40. The molecule has 1 aliphatic heterocycles. The molecular formula is C22H22N6O3S. The maximum absolute atomic E-state index is 13.0. The van der Waals surface area contributed by atoms with Crippen LogP contribution in [-0.4, -0.2) is 43.1 Å². The van der Waals surface area contributed by atoms with Gasteiger partial charge in [-0.2, -0.15) is 0 Å². The molecular weight excluding hydrogens is 428 g/mol. The zero-order chi connectivity index (χ0) is 22.2. The molecule has 10 heteroatoms. The third kappa shape index (κ3) is 3.70. The van der Waals surface area contributed by atoms with E-state index in [1.165, 1.54) is 15.9 Å². The number of anilines is 1. The summed E-state index contributed by atoms with van der Waals surface area (Å²) < 4.78 is 6.82. The number of ketones is 1. The average Bonchev–Trinajstić information content (AvgIpc) is 3.54. The normalized spacial score (nSPS) is 16.2. The quantitative estimate of drug-likeness (QED) is 0.441. The molecule has 32 heavy (non-hydrogen) atoms. The van der Waals surface area contributed by atoms with Gasteiger partial charge in [0.05, 0.1) is 6.04 Å². The average molecular weight is 451 g/mol. The SMILES string of the molecule is Cc1nnc(-c2nc3sc(N4CCC[C@@H]4C(=O)CCc4ccccc4)nc3c(=O)n2C)o1. The van der Waals surface area contributed by atoms with Crippen LogP contribution < -0.4 is 10.5 Å². The summed E-state index contributed by atoms with van der Waals surface area (Å²) >= 11 is 1.32. The van der Waals surface area contributed by atoms with E-state index in [9.17, 15) is 9.59 Å². The molecule has 3 aromatic heterocycles. The smallest absolute Gasteiger partial charge is 0.284 e. The van der Waals surface area contributed by atoms with Crippen molar-refractivity contribution < 1.29 is 9.21 Å². The summed E-state index contributed by atoms with van der Waals surface area (Å²) in [6.07, 6.45) is 2.91. The monoisotopic (exact) mass is 450 g/mol. The van der Waals surface area contributed by atoms with E-state index < -0.39 is 0 Å². The molecule has 1 aliphatic rings. The molecule has 9 nitrogen and oxygen atoms in total. The Labute approximate surface area is 187 Å². The molecule has 0 amide bonds. The Balaban J connectivity index is 1.42. The number of fused-ring (bicyclic) bond motifs is 1. The zero-order valence-electron chi connectivity index (χ0n) is 17.8. The maximum Gasteiger partial charge on any atom is 0.284 e. The van der Waals surface area contributed by atoms with Gasteiger partial charge in [0.2, 0.25) is 11.7 Å². The van der Waals surface area contributed by atoms with Gasteiger partial charge in [0, 0.05) is 26.9 Å². The van der Waals surface area contributed by atoms with Crippen molar-refractivity contribution in [3.63, 3.8) is 0 Å². The zero-order valence-corrected chi connectivity index (χ0v) is 18.6. The van der Waals surface area contributed by atoms with E-state index in [2.05, 4.69) is 20.2 Å². The molecule has 164 valence electrons. The summed E-state index contributed by atoms with van der Waals surface area (Å²) in [4.78, 5) is 37.6. The number of carbonyl (C=O) groups excluding carboxylic acids is 1. The third-order valence-electron chi connectivity index (χ3n) is 5.72. The number of hydrogen-bond donors (Lipinski definition) is 0. The van der Waals surface area contributed by atoms with Crippen molar-refractivity contribution in [2.75, 3.05) is 11.4 Å². The summed E-state index contributed by atoms with van der Waals surface area (Å²) in [5.41, 5.74) is 1.16. The number of thiazole rings is 1. The molecule has 5 rings (SSSR count). The van der Waals surface area contributed by atoms with E-state index in [1.807, 2.05) is 35.2 Å². The molecule has 4 aromatic rings. The highest BCUT2D eigenvalue weighted by molar-refractivity contribution is 7.21. The highest BCUT2D eigenvalue weighted by atomic mass is 32.1. The molecule has 0 unspecified atom stereocenters. The van der Waals surface area contributed by atoms with Crippen LogP contribution in [0.1, 0.15) is 30.7 Å². The van der Waals surface area contributed by atoms with Crippen molar-refractivity contribution >= 4 is 32.6 Å². The first-order chi connectivity index (χ1) is 15.5. The molecule has 0 aliphatic carbocycles. The van der Waals surface area contributed by atoms with Crippen molar-refractivity contribution in [1.29, 1.82) is 0 Å². The van der Waals surface area contributed by atoms with E-state index in [0.717, 1.165) is 31.4 Å². The molecule has 1 fully saturated rings. The van der Waals surface area contributed by atoms with Crippen LogP contribution in [0.3, 0.4) is 0 Å². The van der Waals surface area contributed by atoms with Crippen molar-refractivity contribution in [2.45, 2.75) is 38.6 Å². The first kappa shape index (κ1) is 20.5. The van der Waals surface area contributed by atoms with Crippen molar-refractivity contribution in [2.24, 2.45) is 7.05 Å². The second-order valence-electron chi connectivity index (χ2n) is 7.88. The number of hydrogen-bond acceptors (Lipinski definition) is 9. The molecule has 1 atom stereocenters. The number of aryl methyl sites for hydroxylation is 2. The number of Topliss-reactive ketones (excluding diaryl/α,β-unsaturated/α-hetero) is 1. The first-order valence-electron chi connectivity index (χ1n) is 10.5. The number of aromatic nitrogens is 5. The lowest BCUT2D eigenvalue weighted by molar-refractivity contribution is -0.120. The minimum absolute atomic E-state index is 0.189. The molecule has 4 heterocycles. The Bertz CT molecular complexity index is 1340. The maximum atomic E-state index is 13.0. The number of benzene rings is 1. The lowest BCUT2D eigenvalue weighted by Gasteiger charge is -2.22. The molecule has 0 radical (unpaired) electrons. The molecule has 0 bridgehead atoms. The van der Waals surface area contributed by atoms with Gasteiger partial charge in [0.15, 0.2) is 21.3 Å². The van der Waals surface area contributed by atoms with Crippen molar-refractivity contribution in [3.8, 4) is 11.7 Å². The summed E-state index contributed by atoms with van der Waals surface area (Å²) in [7, 11) is 1.61. The van der Waals surface area contributed by atoms with Crippen LogP contribution >= 0.6 is 11.3 Å². The largest absolute Gasteiger partial charge is 0.419 e. The molecule has 0 saturated carbocycles. The number of rotatable bonds is 6. The van der Waals surface area contributed by atoms with Gasteiger partial charge in [-0.1, -0.05) is 41.7 Å². The molecule has 0 N–H and O–H groups in total. The van der Waals surface area contributed by atoms with Crippen LogP contribution in [0, 0.1) is 6.92 Å². The summed E-state index contributed by atoms with van der Waals surface area (Å²) in [5, 5.41) is 8.45. The van der Waals surface area contributed by atoms with Crippen molar-refractivity contribution in [1.82, 2.24) is 24.7 Å². The molecule has 0 spiro atoms. The van der Waals surface area contributed by atoms with Gasteiger partial charge < -0.3 is 9.32 Å². The second kappa shape index (κ2) is 8.27. The van der Waals surface area contributed by atoms with E-state index in [0.29, 0.717) is 28.1 Å². The van der Waals surface area contributed by atoms with E-state index in [1.54, 1.807) is 14.0 Å². The topological polar surface area (TPSA) is 107 Å². The Kier molecular flexibility index (Phi) is 5.30. The van der Waals surface area contributed by atoms with Gasteiger partial charge in [0.25, 0.3) is 11.4 Å². The van der Waals surface area contributed by atoms with E-state index in [4.69, 9.17) is 4.42 Å². The van der Waals surface area contributed by atoms with Crippen molar-refractivity contribution in [3.05, 3.63) is 52.1 Å². The van der Waals surface area contributed by atoms with Crippen LogP contribution in [-0.2, 0) is 18.3 Å². The van der Waals surface area contributed by atoms with Crippen LogP contribution in [0.25, 0.3) is 22.1 Å². The fraction of sp³-hybridized carbons (Fsp3) is 0.364. The van der Waals surface area contributed by atoms with Gasteiger partial charge in [-0.3, -0.25) is 14.2 Å². The van der Waals surface area contributed by atoms with E-state index >= 15 is 0 Å². The Morgan fingerprint density at radius 2 is 2.03 bits per heavy atom. The predicted molar refractivity (Wildman–Crippen MR) is 121 cm³/mol. The van der Waals surface area contributed by atoms with E-state index in [-0.39, 0.29) is 28.8 Å². The fourth-order valence-corrected chi connectivity index (χ4v) is 5.06. The fourth-order valence-electron chi connectivity index (χ4n) is 4.05. The first-order valence-corrected chi connectivity index (χ1v) is 11.3. The van der Waals surface area contributed by atoms with Gasteiger partial charge in [-0.15, -0.1) is 10.2 Å². The molecule has 1 aromatic carbocycles. The minimum atomic E-state index is -0.283. The standard InChI is InChI=1S/C22H22N6O3S/c1-13-25-26-19(31-13)18-24-20-17(21(30)27(18)2)23-22(32-20)28-12-6-9-15(28)16(29)11-10-14-7-4-3-5-8-14/h3-5,7-8,15H,6,9-12H2,1-2H3/t15-/m1/s1. The van der Waals surface area contributed by atoms with Gasteiger partial charge in [-0.25, -0.2) is 9.97 Å². The summed E-state index contributed by atoms with van der Waals surface area (Å²) in [5.74, 6) is 1.09. The number of nitrogens with zero attached hydrogens (tertiary/aromatic N) is 6. The summed E-state index contributed by atoms with van der Waals surface area (Å²) in [6.45, 7) is 2.41. The predicted octanol–water partition coefficient (Wildman–Crippen LogP) is 2.92. The van der Waals surface area contributed by atoms with Gasteiger partial charge in [-0.05, 0) is 24.8 Å².